The summed E-state index contributed by atoms with van der Waals surface area (Å²) in [7, 11) is 0. The summed E-state index contributed by atoms with van der Waals surface area (Å²) in [6.45, 7) is 2.21. The Balaban J connectivity index is 1.81. The van der Waals surface area contributed by atoms with Crippen molar-refractivity contribution >= 4 is 17.4 Å². The normalized spacial score (nSPS) is 38.8. The van der Waals surface area contributed by atoms with Crippen LogP contribution in [0.3, 0.4) is 0 Å². The molecular formula is C16H20ClNO. The summed E-state index contributed by atoms with van der Waals surface area (Å²) in [6.07, 6.45) is 2.44. The van der Waals surface area contributed by atoms with Crippen LogP contribution in [0.1, 0.15) is 37.8 Å². The number of hydrogen-bond donors (Lipinski definition) is 1. The summed E-state index contributed by atoms with van der Waals surface area (Å²) in [5.41, 5.74) is 1.22. The molecule has 3 rings (SSSR count). The summed E-state index contributed by atoms with van der Waals surface area (Å²) >= 11 is 6.27. The Morgan fingerprint density at radius 3 is 2.68 bits per heavy atom. The molecule has 1 aliphatic carbocycles. The monoisotopic (exact) mass is 277 g/mol. The molecule has 2 aliphatic rings. The molecule has 1 aromatic rings. The van der Waals surface area contributed by atoms with Crippen molar-refractivity contribution in [1.29, 1.82) is 0 Å². The van der Waals surface area contributed by atoms with Crippen LogP contribution in [0.25, 0.3) is 0 Å². The largest absolute Gasteiger partial charge is 0.306 e. The van der Waals surface area contributed by atoms with E-state index < -0.39 is 0 Å². The predicted molar refractivity (Wildman–Crippen MR) is 77.3 cm³/mol. The average Bonchev–Trinajstić information content (AvgIpc) is 2.41. The van der Waals surface area contributed by atoms with Gasteiger partial charge in [0.1, 0.15) is 5.78 Å². The van der Waals surface area contributed by atoms with Crippen molar-refractivity contribution in [2.24, 2.45) is 11.8 Å². The zero-order chi connectivity index (χ0) is 13.4. The number of carbonyl (C=O) groups excluding carboxylic acids is 1. The molecule has 2 nitrogen and oxygen atoms in total. The highest BCUT2D eigenvalue weighted by atomic mass is 35.5. The lowest BCUT2D eigenvalue weighted by molar-refractivity contribution is -0.128. The number of nitrogens with one attached hydrogen (secondary N) is 1. The average molecular weight is 278 g/mol. The predicted octanol–water partition coefficient (Wildman–Crippen LogP) is 3.31. The molecule has 0 radical (unpaired) electrons. The van der Waals surface area contributed by atoms with E-state index in [9.17, 15) is 4.79 Å². The molecule has 5 atom stereocenters. The molecule has 1 N–H and O–H groups in total. The van der Waals surface area contributed by atoms with E-state index in [1.54, 1.807) is 0 Å². The Morgan fingerprint density at radius 1 is 1.21 bits per heavy atom. The highest BCUT2D eigenvalue weighted by Gasteiger charge is 2.43. The molecule has 102 valence electrons. The van der Waals surface area contributed by atoms with Crippen LogP contribution in [0.15, 0.2) is 30.3 Å². The second kappa shape index (κ2) is 5.26. The number of alkyl halides is 1. The van der Waals surface area contributed by atoms with E-state index in [1.165, 1.54) is 5.56 Å². The maximum absolute atomic E-state index is 12.4. The van der Waals surface area contributed by atoms with Gasteiger partial charge in [0, 0.05) is 29.8 Å². The van der Waals surface area contributed by atoms with Gasteiger partial charge in [0.15, 0.2) is 0 Å². The Kier molecular flexibility index (Phi) is 3.64. The minimum Gasteiger partial charge on any atom is -0.306 e. The first-order valence-electron chi connectivity index (χ1n) is 7.13. The molecule has 0 spiro atoms. The standard InChI is InChI=1S/C16H20ClNO/c1-10-7-12(17)8-13-15(19)9-14(18-16(10)13)11-5-3-2-4-6-11/h2-6,10,12-14,16,18H,7-9H2,1H3. The molecule has 0 aromatic heterocycles. The molecule has 1 saturated carbocycles. The quantitative estimate of drug-likeness (QED) is 0.798. The Hall–Kier alpha value is -0.860. The van der Waals surface area contributed by atoms with E-state index in [0.717, 1.165) is 12.8 Å². The molecule has 3 heteroatoms. The zero-order valence-electron chi connectivity index (χ0n) is 11.2. The number of Topliss-reactive ketones (excluding diaryl/α,β-unsaturated/α-hetero) is 1. The first-order chi connectivity index (χ1) is 9.15. The fourth-order valence-electron chi connectivity index (χ4n) is 3.62. The van der Waals surface area contributed by atoms with Gasteiger partial charge in [0.2, 0.25) is 0 Å². The van der Waals surface area contributed by atoms with Gasteiger partial charge < -0.3 is 5.32 Å². The van der Waals surface area contributed by atoms with Crippen LogP contribution >= 0.6 is 11.6 Å². The molecule has 19 heavy (non-hydrogen) atoms. The van der Waals surface area contributed by atoms with Gasteiger partial charge in [-0.05, 0) is 24.3 Å². The molecule has 1 aliphatic heterocycles. The molecule has 5 unspecified atom stereocenters. The summed E-state index contributed by atoms with van der Waals surface area (Å²) in [4.78, 5) is 12.4. The third-order valence-electron chi connectivity index (χ3n) is 4.60. The topological polar surface area (TPSA) is 29.1 Å². The number of piperidine rings is 1. The van der Waals surface area contributed by atoms with E-state index >= 15 is 0 Å². The lowest BCUT2D eigenvalue weighted by Gasteiger charge is -2.44. The summed E-state index contributed by atoms with van der Waals surface area (Å²) in [6, 6.07) is 10.7. The highest BCUT2D eigenvalue weighted by Crippen LogP contribution is 2.39. The van der Waals surface area contributed by atoms with Crippen LogP contribution < -0.4 is 5.32 Å². The fraction of sp³-hybridized carbons (Fsp3) is 0.562. The van der Waals surface area contributed by atoms with E-state index in [2.05, 4.69) is 24.4 Å². The summed E-state index contributed by atoms with van der Waals surface area (Å²) in [5.74, 6) is 0.970. The summed E-state index contributed by atoms with van der Waals surface area (Å²) < 4.78 is 0. The third kappa shape index (κ3) is 2.56. The van der Waals surface area contributed by atoms with E-state index in [4.69, 9.17) is 11.6 Å². The number of hydrogen-bond acceptors (Lipinski definition) is 2. The molecule has 0 amide bonds. The highest BCUT2D eigenvalue weighted by molar-refractivity contribution is 6.20. The molecule has 1 heterocycles. The van der Waals surface area contributed by atoms with Crippen LogP contribution in [0.2, 0.25) is 0 Å². The molecule has 1 saturated heterocycles. The van der Waals surface area contributed by atoms with Gasteiger partial charge in [-0.25, -0.2) is 0 Å². The van der Waals surface area contributed by atoms with Crippen LogP contribution in [0.4, 0.5) is 0 Å². The van der Waals surface area contributed by atoms with Gasteiger partial charge in [-0.1, -0.05) is 37.3 Å². The van der Waals surface area contributed by atoms with Gasteiger partial charge in [-0.3, -0.25) is 4.79 Å². The van der Waals surface area contributed by atoms with Crippen LogP contribution in [-0.4, -0.2) is 17.2 Å². The second-order valence-electron chi connectivity index (χ2n) is 5.98. The van der Waals surface area contributed by atoms with Crippen molar-refractivity contribution in [1.82, 2.24) is 5.32 Å². The van der Waals surface area contributed by atoms with Crippen LogP contribution in [0.5, 0.6) is 0 Å². The Morgan fingerprint density at radius 2 is 1.95 bits per heavy atom. The van der Waals surface area contributed by atoms with E-state index in [1.807, 2.05) is 18.2 Å². The number of ketones is 1. The number of fused-ring (bicyclic) bond motifs is 1. The summed E-state index contributed by atoms with van der Waals surface area (Å²) in [5, 5.41) is 3.86. The van der Waals surface area contributed by atoms with Crippen LogP contribution in [0, 0.1) is 11.8 Å². The van der Waals surface area contributed by atoms with Crippen LogP contribution in [-0.2, 0) is 4.79 Å². The maximum atomic E-state index is 12.4. The number of benzene rings is 1. The van der Waals surface area contributed by atoms with Gasteiger partial charge >= 0.3 is 0 Å². The smallest absolute Gasteiger partial charge is 0.139 e. The first-order valence-corrected chi connectivity index (χ1v) is 7.56. The minimum atomic E-state index is 0.117. The van der Waals surface area contributed by atoms with Gasteiger partial charge in [-0.2, -0.15) is 0 Å². The molecule has 2 fully saturated rings. The second-order valence-corrected chi connectivity index (χ2v) is 6.60. The van der Waals surface area contributed by atoms with Crippen molar-refractivity contribution < 1.29 is 4.79 Å². The van der Waals surface area contributed by atoms with Gasteiger partial charge in [0.05, 0.1) is 0 Å². The number of carbonyl (C=O) groups is 1. The molecule has 0 bridgehead atoms. The first kappa shape index (κ1) is 13.1. The lowest BCUT2D eigenvalue weighted by Crippen LogP contribution is -2.54. The minimum absolute atomic E-state index is 0.117. The van der Waals surface area contributed by atoms with Gasteiger partial charge in [-0.15, -0.1) is 11.6 Å². The zero-order valence-corrected chi connectivity index (χ0v) is 11.9. The van der Waals surface area contributed by atoms with Crippen molar-refractivity contribution in [2.45, 2.75) is 43.6 Å². The third-order valence-corrected chi connectivity index (χ3v) is 4.95. The Bertz CT molecular complexity index is 461. The SMILES string of the molecule is CC1CC(Cl)CC2C(=O)CC(c3ccccc3)NC12. The number of halogens is 1. The van der Waals surface area contributed by atoms with E-state index in [-0.39, 0.29) is 17.3 Å². The maximum Gasteiger partial charge on any atom is 0.139 e. The van der Waals surface area contributed by atoms with Crippen molar-refractivity contribution in [3.05, 3.63) is 35.9 Å². The fourth-order valence-corrected chi connectivity index (χ4v) is 4.09. The van der Waals surface area contributed by atoms with Gasteiger partial charge in [0.25, 0.3) is 0 Å². The van der Waals surface area contributed by atoms with Crippen molar-refractivity contribution in [3.8, 4) is 0 Å². The Labute approximate surface area is 119 Å². The van der Waals surface area contributed by atoms with E-state index in [0.29, 0.717) is 24.2 Å². The lowest BCUT2D eigenvalue weighted by atomic mass is 9.71. The van der Waals surface area contributed by atoms with Crippen molar-refractivity contribution in [3.63, 3.8) is 0 Å². The molecule has 1 aromatic carbocycles. The molecular weight excluding hydrogens is 258 g/mol. The van der Waals surface area contributed by atoms with Crippen molar-refractivity contribution in [2.75, 3.05) is 0 Å². The number of rotatable bonds is 1.